The van der Waals surface area contributed by atoms with Crippen LogP contribution in [0.4, 0.5) is 4.79 Å². The maximum Gasteiger partial charge on any atom is 0.407 e. The van der Waals surface area contributed by atoms with E-state index in [1.165, 1.54) is 25.7 Å². The zero-order valence-electron chi connectivity index (χ0n) is 17.6. The summed E-state index contributed by atoms with van der Waals surface area (Å²) in [6, 6.07) is 0. The summed E-state index contributed by atoms with van der Waals surface area (Å²) < 4.78 is 12.6. The highest BCUT2D eigenvalue weighted by Gasteiger charge is 2.30. The van der Waals surface area contributed by atoms with E-state index in [0.717, 1.165) is 25.2 Å². The third kappa shape index (κ3) is 13.0. The number of aliphatic hydroxyl groups excluding tert-OH is 5. The van der Waals surface area contributed by atoms with Crippen molar-refractivity contribution in [3.8, 4) is 0 Å². The molecule has 0 saturated heterocycles. The van der Waals surface area contributed by atoms with Gasteiger partial charge in [0.2, 0.25) is 0 Å². The smallest absolute Gasteiger partial charge is 0.407 e. The number of aliphatic hydroxyl groups is 5. The molecule has 162 valence electrons. The molecule has 0 bridgehead atoms. The molecule has 0 aromatic heterocycles. The maximum absolute atomic E-state index is 11.6. The first-order chi connectivity index (χ1) is 13.2. The van der Waals surface area contributed by atoms with Gasteiger partial charge in [0, 0.05) is 6.54 Å². The minimum absolute atomic E-state index is 0.422. The van der Waals surface area contributed by atoms with Gasteiger partial charge >= 0.3 is 6.09 Å². The van der Waals surface area contributed by atoms with Crippen molar-refractivity contribution in [2.75, 3.05) is 19.7 Å². The molecule has 0 radical (unpaired) electrons. The number of hydrogen-bond acceptors (Lipinski definition) is 7. The van der Waals surface area contributed by atoms with Crippen molar-refractivity contribution in [1.29, 1.82) is 0 Å². The number of ether oxygens (including phenoxy) is 1. The van der Waals surface area contributed by atoms with Gasteiger partial charge in [-0.2, -0.15) is 0 Å². The monoisotopic (exact) mass is 394 g/mol. The fraction of sp³-hybridized carbons (Fsp3) is 0.947. The van der Waals surface area contributed by atoms with Crippen molar-refractivity contribution in [3.05, 3.63) is 0 Å². The zero-order valence-corrected chi connectivity index (χ0v) is 16.6. The number of amides is 1. The largest absolute Gasteiger partial charge is 0.450 e. The van der Waals surface area contributed by atoms with E-state index in [9.17, 15) is 25.2 Å². The lowest BCUT2D eigenvalue weighted by molar-refractivity contribution is -0.113. The van der Waals surface area contributed by atoms with E-state index < -0.39 is 50.2 Å². The van der Waals surface area contributed by atoms with Crippen LogP contribution in [0.25, 0.3) is 0 Å². The molecule has 1 amide bonds. The van der Waals surface area contributed by atoms with E-state index in [-0.39, 0.29) is 0 Å². The van der Waals surface area contributed by atoms with Crippen molar-refractivity contribution < 1.29 is 36.4 Å². The normalized spacial score (nSPS) is 18.7. The van der Waals surface area contributed by atoms with Crippen LogP contribution in [-0.4, -0.2) is 75.8 Å². The number of unbranched alkanes of at least 4 members (excludes halogenated alkanes) is 4. The van der Waals surface area contributed by atoms with Crippen LogP contribution in [0.3, 0.4) is 0 Å². The Morgan fingerprint density at radius 3 is 2.15 bits per heavy atom. The van der Waals surface area contributed by atoms with E-state index in [2.05, 4.69) is 19.2 Å². The standard InChI is InChI=1S/C19H39NO7/c1-3-14(2)10-8-6-4-5-7-9-11-27-19(26)20-12-15(22)17(24)18(25)16(23)13-21/h14-18,21-25H,3-13H2,1-2H3,(H,20,26)/t14?,15-,16+,17+,18+/m0/s1/i11D/t11?,14?,15-,16+,17+,18+. The highest BCUT2D eigenvalue weighted by atomic mass is 16.5. The highest BCUT2D eigenvalue weighted by Crippen LogP contribution is 2.14. The molecule has 0 aliphatic carbocycles. The lowest BCUT2D eigenvalue weighted by atomic mass is 10.00. The second kappa shape index (κ2) is 16.1. The van der Waals surface area contributed by atoms with E-state index in [0.29, 0.717) is 6.42 Å². The summed E-state index contributed by atoms with van der Waals surface area (Å²) in [4.78, 5) is 11.6. The minimum atomic E-state index is -1.76. The van der Waals surface area contributed by atoms with Gasteiger partial charge in [0.25, 0.3) is 0 Å². The Kier molecular flexibility index (Phi) is 14.3. The van der Waals surface area contributed by atoms with Crippen molar-refractivity contribution in [2.24, 2.45) is 5.92 Å². The van der Waals surface area contributed by atoms with Gasteiger partial charge < -0.3 is 35.6 Å². The van der Waals surface area contributed by atoms with Crippen LogP contribution in [0.5, 0.6) is 0 Å². The Bertz CT molecular complexity index is 402. The minimum Gasteiger partial charge on any atom is -0.450 e. The summed E-state index contributed by atoms with van der Waals surface area (Å²) in [6.07, 6.45) is 0.549. The Morgan fingerprint density at radius 1 is 1.00 bits per heavy atom. The molecule has 0 aromatic carbocycles. The molecule has 0 heterocycles. The highest BCUT2D eigenvalue weighted by molar-refractivity contribution is 5.67. The molecule has 6 atom stereocenters. The van der Waals surface area contributed by atoms with Crippen LogP contribution in [0.2, 0.25) is 0 Å². The van der Waals surface area contributed by atoms with Crippen LogP contribution < -0.4 is 5.32 Å². The van der Waals surface area contributed by atoms with E-state index in [1.54, 1.807) is 0 Å². The fourth-order valence-corrected chi connectivity index (χ4v) is 2.50. The molecular formula is C19H39NO7. The second-order valence-electron chi connectivity index (χ2n) is 7.11. The number of nitrogens with one attached hydrogen (secondary N) is 1. The predicted octanol–water partition coefficient (Wildman–Crippen LogP) is 0.925. The molecule has 27 heavy (non-hydrogen) atoms. The quantitative estimate of drug-likeness (QED) is 0.214. The summed E-state index contributed by atoms with van der Waals surface area (Å²) in [6.45, 7) is 2.23. The van der Waals surface area contributed by atoms with Crippen LogP contribution in [0.15, 0.2) is 0 Å². The number of hydrogen-bond donors (Lipinski definition) is 6. The Labute approximate surface area is 164 Å². The molecule has 0 aliphatic heterocycles. The van der Waals surface area contributed by atoms with Gasteiger partial charge in [-0.25, -0.2) is 4.79 Å². The third-order valence-corrected chi connectivity index (χ3v) is 4.69. The number of alkyl carbamates (subject to hydrolysis) is 1. The molecular weight excluding hydrogens is 354 g/mol. The first kappa shape index (κ1) is 24.1. The maximum atomic E-state index is 11.6. The lowest BCUT2D eigenvalue weighted by Gasteiger charge is -2.25. The van der Waals surface area contributed by atoms with E-state index in [1.807, 2.05) is 0 Å². The lowest BCUT2D eigenvalue weighted by Crippen LogP contribution is -2.49. The number of carbonyl (C=O) groups is 1. The van der Waals surface area contributed by atoms with Crippen molar-refractivity contribution in [1.82, 2.24) is 5.32 Å². The first-order valence-electron chi connectivity index (χ1n) is 10.5. The van der Waals surface area contributed by atoms with Gasteiger partial charge in [0.15, 0.2) is 0 Å². The van der Waals surface area contributed by atoms with Crippen molar-refractivity contribution in [3.63, 3.8) is 0 Å². The Hall–Kier alpha value is -0.930. The molecule has 0 spiro atoms. The fourth-order valence-electron chi connectivity index (χ4n) is 2.50. The zero-order chi connectivity index (χ0) is 21.5. The van der Waals surface area contributed by atoms with Gasteiger partial charge in [0.1, 0.15) is 18.3 Å². The molecule has 0 rings (SSSR count). The topological polar surface area (TPSA) is 139 Å². The molecule has 6 N–H and O–H groups in total. The Balaban J connectivity index is 3.83. The second-order valence-corrected chi connectivity index (χ2v) is 7.11. The van der Waals surface area contributed by atoms with Gasteiger partial charge in [-0.05, 0) is 12.3 Å². The van der Waals surface area contributed by atoms with Gasteiger partial charge in [-0.15, -0.1) is 0 Å². The van der Waals surface area contributed by atoms with Gasteiger partial charge in [-0.3, -0.25) is 0 Å². The van der Waals surface area contributed by atoms with Gasteiger partial charge in [-0.1, -0.05) is 58.8 Å². The summed E-state index contributed by atoms with van der Waals surface area (Å²) in [7, 11) is 0. The van der Waals surface area contributed by atoms with Crippen LogP contribution >= 0.6 is 0 Å². The Morgan fingerprint density at radius 2 is 1.56 bits per heavy atom. The van der Waals surface area contributed by atoms with E-state index in [4.69, 9.17) is 11.2 Å². The molecule has 0 aromatic rings. The molecule has 2 unspecified atom stereocenters. The summed E-state index contributed by atoms with van der Waals surface area (Å²) in [5.41, 5.74) is 0. The summed E-state index contributed by atoms with van der Waals surface area (Å²) in [5.74, 6) is 0.771. The van der Waals surface area contributed by atoms with Crippen molar-refractivity contribution >= 4 is 6.09 Å². The number of carbonyl (C=O) groups excluding carboxylic acids is 1. The number of rotatable bonds is 16. The first-order valence-corrected chi connectivity index (χ1v) is 9.92. The summed E-state index contributed by atoms with van der Waals surface area (Å²) >= 11 is 0. The van der Waals surface area contributed by atoms with E-state index >= 15 is 0 Å². The van der Waals surface area contributed by atoms with Crippen LogP contribution in [-0.2, 0) is 4.74 Å². The van der Waals surface area contributed by atoms with Crippen LogP contribution in [0, 0.1) is 5.92 Å². The molecule has 0 aliphatic rings. The summed E-state index contributed by atoms with van der Waals surface area (Å²) in [5, 5.41) is 48.9. The SMILES string of the molecule is [2H]C(CCCCCCCC(C)CC)OC(=O)NC[C@H](O)[C@@H](O)[C@H](O)[C@H](O)CO. The van der Waals surface area contributed by atoms with Crippen LogP contribution in [0.1, 0.15) is 66.6 Å². The molecule has 8 heteroatoms. The molecule has 0 saturated carbocycles. The third-order valence-electron chi connectivity index (χ3n) is 4.69. The van der Waals surface area contributed by atoms with Gasteiger partial charge in [0.05, 0.1) is 20.7 Å². The average molecular weight is 395 g/mol. The molecule has 0 fully saturated rings. The predicted molar refractivity (Wildman–Crippen MR) is 102 cm³/mol. The van der Waals surface area contributed by atoms with Crippen molar-refractivity contribution in [2.45, 2.75) is 89.6 Å². The average Bonchev–Trinajstić information content (AvgIpc) is 2.68. The molecule has 8 nitrogen and oxygen atoms in total.